The molecule has 3 aromatic rings. The normalized spacial score (nSPS) is 10.9. The predicted molar refractivity (Wildman–Crippen MR) is 109 cm³/mol. The SMILES string of the molecule is CCc1cc(C=O)cc(C)c1-c1cc(C)c(-c2cccs2)c(CC)c1. The van der Waals surface area contributed by atoms with E-state index in [0.717, 1.165) is 24.7 Å². The number of aryl methyl sites for hydroxylation is 4. The van der Waals surface area contributed by atoms with Crippen molar-refractivity contribution < 1.29 is 4.79 Å². The van der Waals surface area contributed by atoms with Crippen molar-refractivity contribution in [1.29, 1.82) is 0 Å². The van der Waals surface area contributed by atoms with Crippen LogP contribution in [0.1, 0.15) is 46.5 Å². The molecule has 25 heavy (non-hydrogen) atoms. The fourth-order valence-electron chi connectivity index (χ4n) is 3.71. The Morgan fingerprint density at radius 2 is 1.60 bits per heavy atom. The summed E-state index contributed by atoms with van der Waals surface area (Å²) in [5, 5.41) is 2.14. The van der Waals surface area contributed by atoms with Crippen LogP contribution in [0.5, 0.6) is 0 Å². The highest BCUT2D eigenvalue weighted by Crippen LogP contribution is 2.37. The molecule has 0 aliphatic heterocycles. The van der Waals surface area contributed by atoms with Gasteiger partial charge >= 0.3 is 0 Å². The summed E-state index contributed by atoms with van der Waals surface area (Å²) in [6.07, 6.45) is 2.87. The van der Waals surface area contributed by atoms with Gasteiger partial charge in [0.25, 0.3) is 0 Å². The molecule has 0 atom stereocenters. The zero-order valence-electron chi connectivity index (χ0n) is 15.3. The molecule has 0 amide bonds. The minimum atomic E-state index is 0.765. The van der Waals surface area contributed by atoms with Crippen molar-refractivity contribution in [2.75, 3.05) is 0 Å². The maximum atomic E-state index is 11.2. The molecule has 1 nitrogen and oxygen atoms in total. The first-order valence-corrected chi connectivity index (χ1v) is 9.73. The van der Waals surface area contributed by atoms with Crippen molar-refractivity contribution >= 4 is 17.6 Å². The van der Waals surface area contributed by atoms with Crippen LogP contribution in [0.2, 0.25) is 0 Å². The lowest BCUT2D eigenvalue weighted by atomic mass is 9.87. The van der Waals surface area contributed by atoms with Crippen LogP contribution in [0.3, 0.4) is 0 Å². The van der Waals surface area contributed by atoms with Crippen molar-refractivity contribution in [1.82, 2.24) is 0 Å². The van der Waals surface area contributed by atoms with Gasteiger partial charge < -0.3 is 0 Å². The molecule has 0 aliphatic rings. The van der Waals surface area contributed by atoms with Gasteiger partial charge in [0.15, 0.2) is 0 Å². The highest BCUT2D eigenvalue weighted by molar-refractivity contribution is 7.13. The van der Waals surface area contributed by atoms with Gasteiger partial charge in [-0.3, -0.25) is 4.79 Å². The summed E-state index contributed by atoms with van der Waals surface area (Å²) >= 11 is 1.80. The maximum absolute atomic E-state index is 11.2. The molecule has 0 radical (unpaired) electrons. The third-order valence-corrected chi connectivity index (χ3v) is 5.70. The molecular weight excluding hydrogens is 324 g/mol. The Balaban J connectivity index is 2.23. The van der Waals surface area contributed by atoms with Gasteiger partial charge in [0, 0.05) is 10.4 Å². The van der Waals surface area contributed by atoms with Crippen LogP contribution in [0.25, 0.3) is 21.6 Å². The number of rotatable bonds is 5. The Kier molecular flexibility index (Phi) is 5.19. The molecule has 3 rings (SSSR count). The Labute approximate surface area is 154 Å². The van der Waals surface area contributed by atoms with Gasteiger partial charge in [-0.15, -0.1) is 11.3 Å². The molecule has 0 saturated carbocycles. The third kappa shape index (κ3) is 3.32. The second kappa shape index (κ2) is 7.37. The fourth-order valence-corrected chi connectivity index (χ4v) is 4.58. The summed E-state index contributed by atoms with van der Waals surface area (Å²) in [4.78, 5) is 12.5. The lowest BCUT2D eigenvalue weighted by molar-refractivity contribution is 0.112. The van der Waals surface area contributed by atoms with Crippen molar-refractivity contribution in [3.63, 3.8) is 0 Å². The first-order chi connectivity index (χ1) is 12.1. The zero-order chi connectivity index (χ0) is 18.0. The minimum absolute atomic E-state index is 0.765. The first kappa shape index (κ1) is 17.6. The maximum Gasteiger partial charge on any atom is 0.150 e. The quantitative estimate of drug-likeness (QED) is 0.473. The van der Waals surface area contributed by atoms with E-state index in [1.54, 1.807) is 11.3 Å². The predicted octanol–water partition coefficient (Wildman–Crippen LogP) is 6.64. The molecule has 0 bridgehead atoms. The Morgan fingerprint density at radius 1 is 0.920 bits per heavy atom. The van der Waals surface area contributed by atoms with Crippen LogP contribution < -0.4 is 0 Å². The van der Waals surface area contributed by atoms with Crippen LogP contribution in [0.4, 0.5) is 0 Å². The molecule has 128 valence electrons. The Hall–Kier alpha value is -2.19. The van der Waals surface area contributed by atoms with Gasteiger partial charge in [0.1, 0.15) is 6.29 Å². The summed E-state index contributed by atoms with van der Waals surface area (Å²) in [5.41, 5.74) is 9.81. The second-order valence-corrected chi connectivity index (χ2v) is 7.45. The van der Waals surface area contributed by atoms with E-state index in [-0.39, 0.29) is 0 Å². The lowest BCUT2D eigenvalue weighted by Crippen LogP contribution is -1.98. The van der Waals surface area contributed by atoms with Crippen molar-refractivity contribution in [2.45, 2.75) is 40.5 Å². The molecule has 0 fully saturated rings. The van der Waals surface area contributed by atoms with Gasteiger partial charge in [-0.05, 0) is 89.2 Å². The van der Waals surface area contributed by atoms with Gasteiger partial charge in [0.05, 0.1) is 0 Å². The van der Waals surface area contributed by atoms with E-state index in [9.17, 15) is 4.79 Å². The van der Waals surface area contributed by atoms with Crippen LogP contribution in [0.15, 0.2) is 41.8 Å². The number of carbonyl (C=O) groups is 1. The molecule has 0 aliphatic carbocycles. The fraction of sp³-hybridized carbons (Fsp3) is 0.261. The largest absolute Gasteiger partial charge is 0.298 e. The minimum Gasteiger partial charge on any atom is -0.298 e. The van der Waals surface area contributed by atoms with Crippen LogP contribution in [0, 0.1) is 13.8 Å². The average Bonchev–Trinajstić information content (AvgIpc) is 3.14. The van der Waals surface area contributed by atoms with E-state index < -0.39 is 0 Å². The molecular formula is C23H24OS. The highest BCUT2D eigenvalue weighted by atomic mass is 32.1. The molecule has 0 unspecified atom stereocenters. The number of carbonyl (C=O) groups excluding carboxylic acids is 1. The third-order valence-electron chi connectivity index (χ3n) is 4.81. The van der Waals surface area contributed by atoms with E-state index in [4.69, 9.17) is 0 Å². The highest BCUT2D eigenvalue weighted by Gasteiger charge is 2.15. The monoisotopic (exact) mass is 348 g/mol. The number of hydrogen-bond donors (Lipinski definition) is 0. The van der Waals surface area contributed by atoms with Crippen LogP contribution in [-0.2, 0) is 12.8 Å². The van der Waals surface area contributed by atoms with E-state index in [1.807, 2.05) is 12.1 Å². The van der Waals surface area contributed by atoms with Gasteiger partial charge in [-0.25, -0.2) is 0 Å². The molecule has 2 heteroatoms. The summed E-state index contributed by atoms with van der Waals surface area (Å²) < 4.78 is 0. The number of thiophene rings is 1. The molecule has 2 aromatic carbocycles. The number of benzene rings is 2. The molecule has 0 spiro atoms. The first-order valence-electron chi connectivity index (χ1n) is 8.85. The smallest absolute Gasteiger partial charge is 0.150 e. The average molecular weight is 349 g/mol. The lowest BCUT2D eigenvalue weighted by Gasteiger charge is -2.18. The zero-order valence-corrected chi connectivity index (χ0v) is 16.2. The summed E-state index contributed by atoms with van der Waals surface area (Å²) in [6.45, 7) is 8.69. The summed E-state index contributed by atoms with van der Waals surface area (Å²) in [7, 11) is 0. The number of hydrogen-bond acceptors (Lipinski definition) is 2. The summed E-state index contributed by atoms with van der Waals surface area (Å²) in [5.74, 6) is 0. The summed E-state index contributed by atoms with van der Waals surface area (Å²) in [6, 6.07) is 13.0. The second-order valence-electron chi connectivity index (χ2n) is 6.50. The van der Waals surface area contributed by atoms with Gasteiger partial charge in [-0.1, -0.05) is 32.0 Å². The van der Waals surface area contributed by atoms with Crippen molar-refractivity contribution in [3.05, 3.63) is 69.6 Å². The van der Waals surface area contributed by atoms with Crippen LogP contribution >= 0.6 is 11.3 Å². The Morgan fingerprint density at radius 3 is 2.20 bits per heavy atom. The molecule has 0 saturated heterocycles. The topological polar surface area (TPSA) is 17.1 Å². The molecule has 1 aromatic heterocycles. The van der Waals surface area contributed by atoms with E-state index in [2.05, 4.69) is 57.3 Å². The molecule has 1 heterocycles. The Bertz CT molecular complexity index is 904. The van der Waals surface area contributed by atoms with E-state index in [1.165, 1.54) is 43.8 Å². The standard InChI is InChI=1S/C23H24OS/c1-5-18-12-17(14-24)10-15(3)22(18)20-11-16(4)23(19(6-2)13-20)21-8-7-9-25-21/h7-14H,5-6H2,1-4H3. The van der Waals surface area contributed by atoms with Crippen molar-refractivity contribution in [2.24, 2.45) is 0 Å². The van der Waals surface area contributed by atoms with E-state index >= 15 is 0 Å². The van der Waals surface area contributed by atoms with E-state index in [0.29, 0.717) is 0 Å². The van der Waals surface area contributed by atoms with Gasteiger partial charge in [0.2, 0.25) is 0 Å². The van der Waals surface area contributed by atoms with Crippen LogP contribution in [-0.4, -0.2) is 6.29 Å². The number of aldehydes is 1. The van der Waals surface area contributed by atoms with Gasteiger partial charge in [-0.2, -0.15) is 0 Å². The molecule has 0 N–H and O–H groups in total. The van der Waals surface area contributed by atoms with Crippen molar-refractivity contribution in [3.8, 4) is 21.6 Å².